The average molecular weight is 711 g/mol. The molecule has 9 aromatic carbocycles. The molecule has 0 saturated heterocycles. The molecule has 258 valence electrons. The molecule has 0 spiro atoms. The minimum atomic E-state index is 0.721. The molecule has 1 aliphatic rings. The van der Waals surface area contributed by atoms with Crippen molar-refractivity contribution >= 4 is 76.1 Å². The van der Waals surface area contributed by atoms with Gasteiger partial charge in [-0.25, -0.2) is 9.97 Å². The van der Waals surface area contributed by atoms with Crippen LogP contribution in [0.15, 0.2) is 182 Å². The van der Waals surface area contributed by atoms with E-state index >= 15 is 0 Å². The topological polar surface area (TPSA) is 35.6 Å². The van der Waals surface area contributed by atoms with Crippen molar-refractivity contribution in [3.63, 3.8) is 0 Å². The van der Waals surface area contributed by atoms with Gasteiger partial charge in [0.2, 0.25) is 0 Å². The molecule has 4 heteroatoms. The lowest BCUT2D eigenvalue weighted by molar-refractivity contribution is 1.08. The molecule has 0 unspecified atom stereocenters. The zero-order chi connectivity index (χ0) is 36.5. The first-order valence-corrected chi connectivity index (χ1v) is 19.2. The van der Waals surface area contributed by atoms with Gasteiger partial charge in [0.25, 0.3) is 0 Å². The summed E-state index contributed by atoms with van der Waals surface area (Å²) in [4.78, 5) is 10.8. The van der Waals surface area contributed by atoms with E-state index in [2.05, 4.69) is 191 Å². The van der Waals surface area contributed by atoms with E-state index in [4.69, 9.17) is 9.97 Å². The summed E-state index contributed by atoms with van der Waals surface area (Å²) in [7, 11) is 0. The fourth-order valence-electron chi connectivity index (χ4n) is 9.62. The Morgan fingerprint density at radius 1 is 0.321 bits per heavy atom. The third kappa shape index (κ3) is 3.97. The van der Waals surface area contributed by atoms with E-state index in [9.17, 15) is 0 Å². The molecule has 0 saturated carbocycles. The van der Waals surface area contributed by atoms with Crippen molar-refractivity contribution in [3.8, 4) is 45.1 Å². The highest BCUT2D eigenvalue weighted by atomic mass is 15.1. The van der Waals surface area contributed by atoms with Crippen molar-refractivity contribution in [2.45, 2.75) is 0 Å². The molecule has 0 radical (unpaired) electrons. The minimum absolute atomic E-state index is 0.721. The lowest BCUT2D eigenvalue weighted by Crippen LogP contribution is -2.03. The van der Waals surface area contributed by atoms with Crippen LogP contribution in [-0.2, 0) is 0 Å². The molecule has 1 aliphatic carbocycles. The highest BCUT2D eigenvalue weighted by molar-refractivity contribution is 6.19. The van der Waals surface area contributed by atoms with E-state index in [1.165, 1.54) is 76.4 Å². The molecule has 4 nitrogen and oxygen atoms in total. The number of rotatable bonds is 3. The normalized spacial score (nSPS) is 12.3. The molecular formula is C52H30N4. The van der Waals surface area contributed by atoms with Gasteiger partial charge < -0.3 is 4.57 Å². The van der Waals surface area contributed by atoms with E-state index in [0.717, 1.165) is 44.8 Å². The Bertz CT molecular complexity index is 3580. The number of aromatic nitrogens is 4. The van der Waals surface area contributed by atoms with Crippen LogP contribution in [0.1, 0.15) is 0 Å². The quantitative estimate of drug-likeness (QED) is 0.183. The molecule has 0 atom stereocenters. The van der Waals surface area contributed by atoms with E-state index in [1.807, 2.05) is 0 Å². The summed E-state index contributed by atoms with van der Waals surface area (Å²) in [5, 5.41) is 10.7. The van der Waals surface area contributed by atoms with Crippen molar-refractivity contribution in [1.29, 1.82) is 0 Å². The molecule has 3 heterocycles. The smallest absolute Gasteiger partial charge is 0.162 e. The van der Waals surface area contributed by atoms with Crippen LogP contribution in [0.4, 0.5) is 0 Å². The van der Waals surface area contributed by atoms with E-state index in [-0.39, 0.29) is 0 Å². The van der Waals surface area contributed by atoms with Crippen molar-refractivity contribution in [1.82, 2.24) is 19.1 Å². The average Bonchev–Trinajstić information content (AvgIpc) is 3.89. The van der Waals surface area contributed by atoms with Crippen LogP contribution in [0.5, 0.6) is 0 Å². The lowest BCUT2D eigenvalue weighted by Gasteiger charge is -2.14. The molecule has 0 aliphatic heterocycles. The fraction of sp³-hybridized carbons (Fsp3) is 0. The Morgan fingerprint density at radius 3 is 1.64 bits per heavy atom. The molecule has 12 aromatic rings. The molecule has 0 N–H and O–H groups in total. The number of nitrogens with zero attached hydrogens (tertiary/aromatic N) is 4. The van der Waals surface area contributed by atoms with Gasteiger partial charge in [-0.1, -0.05) is 121 Å². The van der Waals surface area contributed by atoms with Crippen molar-refractivity contribution in [2.24, 2.45) is 0 Å². The van der Waals surface area contributed by atoms with Crippen LogP contribution < -0.4 is 0 Å². The van der Waals surface area contributed by atoms with Crippen LogP contribution in [0.3, 0.4) is 0 Å². The minimum Gasteiger partial charge on any atom is -0.309 e. The Morgan fingerprint density at radius 2 is 0.893 bits per heavy atom. The maximum absolute atomic E-state index is 5.55. The fourth-order valence-corrected chi connectivity index (χ4v) is 9.62. The highest BCUT2D eigenvalue weighted by Crippen LogP contribution is 2.49. The SMILES string of the molecule is c1ccc2c(c1)-c1cccc3c(-c4nc(-n5c6ccccc6c6cc7ccc(-n8c9ccccc9c9ccccc98)cc7cc65)c5ccccc5n4)ccc-2c13. The first kappa shape index (κ1) is 29.8. The van der Waals surface area contributed by atoms with Gasteiger partial charge in [0.1, 0.15) is 5.82 Å². The second-order valence-corrected chi connectivity index (χ2v) is 14.9. The monoisotopic (exact) mass is 710 g/mol. The number of benzene rings is 9. The van der Waals surface area contributed by atoms with Crippen molar-refractivity contribution in [3.05, 3.63) is 182 Å². The molecule has 3 aromatic heterocycles. The summed E-state index contributed by atoms with van der Waals surface area (Å²) in [5.74, 6) is 1.60. The van der Waals surface area contributed by atoms with E-state index < -0.39 is 0 Å². The van der Waals surface area contributed by atoms with Crippen molar-refractivity contribution < 1.29 is 0 Å². The highest BCUT2D eigenvalue weighted by Gasteiger charge is 2.24. The first-order valence-electron chi connectivity index (χ1n) is 19.2. The van der Waals surface area contributed by atoms with Gasteiger partial charge in [0, 0.05) is 38.2 Å². The summed E-state index contributed by atoms with van der Waals surface area (Å²) in [6.45, 7) is 0. The molecule has 0 amide bonds. The van der Waals surface area contributed by atoms with Gasteiger partial charge >= 0.3 is 0 Å². The number of para-hydroxylation sites is 4. The summed E-state index contributed by atoms with van der Waals surface area (Å²) in [5.41, 5.74) is 12.8. The van der Waals surface area contributed by atoms with Crippen LogP contribution in [-0.4, -0.2) is 19.1 Å². The van der Waals surface area contributed by atoms with Gasteiger partial charge in [0.05, 0.1) is 27.6 Å². The van der Waals surface area contributed by atoms with Gasteiger partial charge in [-0.15, -0.1) is 0 Å². The number of fused-ring (bicyclic) bond motifs is 11. The van der Waals surface area contributed by atoms with E-state index in [1.54, 1.807) is 0 Å². The Labute approximate surface area is 321 Å². The standard InChI is InChI=1S/C52H30N4/c1-2-13-35-34(12-1)39-18-11-19-40-42(27-26-41(35)50(39)40)51-53-45-20-7-3-17-43(45)52(54-51)56-48-23-10-6-16-38(48)44-29-31-24-25-33(28-32(31)30-49(44)56)55-46-21-8-4-14-36(46)37-15-5-9-22-47(37)55/h1-30H. The zero-order valence-electron chi connectivity index (χ0n) is 30.1. The van der Waals surface area contributed by atoms with Gasteiger partial charge in [-0.2, -0.15) is 0 Å². The van der Waals surface area contributed by atoms with E-state index in [0.29, 0.717) is 0 Å². The van der Waals surface area contributed by atoms with Gasteiger partial charge in [-0.3, -0.25) is 4.57 Å². The Kier molecular flexibility index (Phi) is 5.86. The Balaban J connectivity index is 1.08. The molecule has 0 fully saturated rings. The largest absolute Gasteiger partial charge is 0.309 e. The number of hydrogen-bond donors (Lipinski definition) is 0. The molecule has 56 heavy (non-hydrogen) atoms. The second-order valence-electron chi connectivity index (χ2n) is 14.9. The molecular weight excluding hydrogens is 681 g/mol. The zero-order valence-corrected chi connectivity index (χ0v) is 30.1. The molecule has 13 rings (SSSR count). The van der Waals surface area contributed by atoms with Crippen LogP contribution in [0, 0.1) is 0 Å². The van der Waals surface area contributed by atoms with Crippen LogP contribution >= 0.6 is 0 Å². The Hall–Kier alpha value is -7.56. The molecule has 0 bridgehead atoms. The third-order valence-corrected chi connectivity index (χ3v) is 12.0. The maximum Gasteiger partial charge on any atom is 0.162 e. The first-order chi connectivity index (χ1) is 27.8. The summed E-state index contributed by atoms with van der Waals surface area (Å²) in [6, 6.07) is 65.9. The van der Waals surface area contributed by atoms with Gasteiger partial charge in [-0.05, 0) is 104 Å². The second kappa shape index (κ2) is 11.0. The predicted molar refractivity (Wildman–Crippen MR) is 233 cm³/mol. The summed E-state index contributed by atoms with van der Waals surface area (Å²) >= 11 is 0. The van der Waals surface area contributed by atoms with Crippen molar-refractivity contribution in [2.75, 3.05) is 0 Å². The maximum atomic E-state index is 5.55. The summed E-state index contributed by atoms with van der Waals surface area (Å²) < 4.78 is 4.76. The predicted octanol–water partition coefficient (Wildman–Crippen LogP) is 13.4. The van der Waals surface area contributed by atoms with Gasteiger partial charge in [0.15, 0.2) is 5.82 Å². The number of hydrogen-bond acceptors (Lipinski definition) is 2. The lowest BCUT2D eigenvalue weighted by atomic mass is 9.98. The van der Waals surface area contributed by atoms with Crippen LogP contribution in [0.25, 0.3) is 121 Å². The summed E-state index contributed by atoms with van der Waals surface area (Å²) in [6.07, 6.45) is 0. The van der Waals surface area contributed by atoms with Crippen LogP contribution in [0.2, 0.25) is 0 Å². The third-order valence-electron chi connectivity index (χ3n) is 12.0.